The van der Waals surface area contributed by atoms with E-state index in [-0.39, 0.29) is 0 Å². The normalized spacial score (nSPS) is 10.3. The Bertz CT molecular complexity index is 486. The molecule has 1 aromatic carbocycles. The van der Waals surface area contributed by atoms with Crippen molar-refractivity contribution in [3.63, 3.8) is 0 Å². The highest BCUT2D eigenvalue weighted by molar-refractivity contribution is 7.15. The van der Waals surface area contributed by atoms with Crippen molar-refractivity contribution in [3.05, 3.63) is 34.3 Å². The molecule has 0 radical (unpaired) electrons. The van der Waals surface area contributed by atoms with Crippen molar-refractivity contribution in [2.75, 3.05) is 11.9 Å². The van der Waals surface area contributed by atoms with Crippen LogP contribution in [0.1, 0.15) is 18.4 Å². The number of benzene rings is 1. The summed E-state index contributed by atoms with van der Waals surface area (Å²) < 4.78 is 5.59. The topological polar surface area (TPSA) is 47.0 Å². The van der Waals surface area contributed by atoms with Crippen molar-refractivity contribution in [1.82, 2.24) is 10.2 Å². The molecule has 0 amide bonds. The van der Waals surface area contributed by atoms with Crippen LogP contribution in [0.3, 0.4) is 0 Å². The number of nitrogens with one attached hydrogen (secondary N) is 1. The SMILES string of the molecule is CCCNc1nnc(COc2ccc(Cl)cc2)s1. The lowest BCUT2D eigenvalue weighted by Crippen LogP contribution is -1.98. The summed E-state index contributed by atoms with van der Waals surface area (Å²) in [5.41, 5.74) is 0. The summed E-state index contributed by atoms with van der Waals surface area (Å²) in [5.74, 6) is 0.776. The second kappa shape index (κ2) is 6.56. The minimum Gasteiger partial charge on any atom is -0.486 e. The van der Waals surface area contributed by atoms with E-state index in [4.69, 9.17) is 16.3 Å². The number of nitrogens with zero attached hydrogens (tertiary/aromatic N) is 2. The lowest BCUT2D eigenvalue weighted by Gasteiger charge is -2.02. The highest BCUT2D eigenvalue weighted by atomic mass is 35.5. The first-order valence-corrected chi connectivity index (χ1v) is 6.92. The van der Waals surface area contributed by atoms with Crippen molar-refractivity contribution in [3.8, 4) is 5.75 Å². The third kappa shape index (κ3) is 3.85. The molecule has 96 valence electrons. The number of hydrogen-bond donors (Lipinski definition) is 1. The van der Waals surface area contributed by atoms with Crippen molar-refractivity contribution < 1.29 is 4.74 Å². The number of hydrogen-bond acceptors (Lipinski definition) is 5. The molecule has 1 heterocycles. The van der Waals surface area contributed by atoms with Gasteiger partial charge in [-0.25, -0.2) is 0 Å². The zero-order chi connectivity index (χ0) is 12.8. The molecule has 0 fully saturated rings. The predicted octanol–water partition coefficient (Wildman–Crippen LogP) is 3.59. The van der Waals surface area contributed by atoms with Gasteiger partial charge in [-0.2, -0.15) is 0 Å². The third-order valence-corrected chi connectivity index (χ3v) is 3.28. The summed E-state index contributed by atoms with van der Waals surface area (Å²) in [7, 11) is 0. The molecule has 0 atom stereocenters. The van der Waals surface area contributed by atoms with E-state index >= 15 is 0 Å². The molecule has 2 rings (SSSR count). The largest absolute Gasteiger partial charge is 0.486 e. The van der Waals surface area contributed by atoms with Gasteiger partial charge in [-0.05, 0) is 30.7 Å². The molecule has 1 aromatic heterocycles. The average molecular weight is 284 g/mol. The smallest absolute Gasteiger partial charge is 0.205 e. The van der Waals surface area contributed by atoms with Gasteiger partial charge in [-0.1, -0.05) is 29.9 Å². The van der Waals surface area contributed by atoms with Crippen LogP contribution in [0.2, 0.25) is 5.02 Å². The first-order chi connectivity index (χ1) is 8.78. The van der Waals surface area contributed by atoms with Gasteiger partial charge in [0.05, 0.1) is 0 Å². The van der Waals surface area contributed by atoms with Gasteiger partial charge in [-0.15, -0.1) is 10.2 Å². The number of halogens is 1. The quantitative estimate of drug-likeness (QED) is 0.880. The molecule has 0 bridgehead atoms. The fraction of sp³-hybridized carbons (Fsp3) is 0.333. The first-order valence-electron chi connectivity index (χ1n) is 5.72. The van der Waals surface area contributed by atoms with Crippen LogP contribution in [0.25, 0.3) is 0 Å². The van der Waals surface area contributed by atoms with E-state index in [0.29, 0.717) is 11.6 Å². The van der Waals surface area contributed by atoms with Crippen molar-refractivity contribution in [2.24, 2.45) is 0 Å². The zero-order valence-electron chi connectivity index (χ0n) is 10.0. The summed E-state index contributed by atoms with van der Waals surface area (Å²) in [6.45, 7) is 3.44. The molecule has 0 saturated heterocycles. The van der Waals surface area contributed by atoms with E-state index in [9.17, 15) is 0 Å². The molecular formula is C12H14ClN3OS. The summed E-state index contributed by atoms with van der Waals surface area (Å²) in [4.78, 5) is 0. The Morgan fingerprint density at radius 2 is 2.06 bits per heavy atom. The van der Waals surface area contributed by atoms with Crippen LogP contribution in [-0.2, 0) is 6.61 Å². The van der Waals surface area contributed by atoms with E-state index in [1.54, 1.807) is 12.1 Å². The Hall–Kier alpha value is -1.33. The Kier molecular flexibility index (Phi) is 4.78. The van der Waals surface area contributed by atoms with Crippen LogP contribution in [0.4, 0.5) is 5.13 Å². The van der Waals surface area contributed by atoms with Gasteiger partial charge in [0, 0.05) is 11.6 Å². The highest BCUT2D eigenvalue weighted by Gasteiger charge is 2.04. The maximum atomic E-state index is 5.80. The third-order valence-electron chi connectivity index (χ3n) is 2.17. The minimum absolute atomic E-state index is 0.424. The molecule has 0 aliphatic carbocycles. The lowest BCUT2D eigenvalue weighted by molar-refractivity contribution is 0.304. The van der Waals surface area contributed by atoms with Crippen LogP contribution < -0.4 is 10.1 Å². The number of ether oxygens (including phenoxy) is 1. The molecule has 0 unspecified atom stereocenters. The predicted molar refractivity (Wildman–Crippen MR) is 74.5 cm³/mol. The molecule has 0 aliphatic rings. The van der Waals surface area contributed by atoms with Crippen molar-refractivity contribution in [1.29, 1.82) is 0 Å². The zero-order valence-corrected chi connectivity index (χ0v) is 11.6. The van der Waals surface area contributed by atoms with E-state index in [1.165, 1.54) is 11.3 Å². The number of aromatic nitrogens is 2. The van der Waals surface area contributed by atoms with Gasteiger partial charge in [-0.3, -0.25) is 0 Å². The Morgan fingerprint density at radius 3 is 2.78 bits per heavy atom. The van der Waals surface area contributed by atoms with Crippen LogP contribution in [-0.4, -0.2) is 16.7 Å². The molecule has 0 spiro atoms. The summed E-state index contributed by atoms with van der Waals surface area (Å²) in [6.07, 6.45) is 1.07. The Balaban J connectivity index is 1.86. The van der Waals surface area contributed by atoms with E-state index in [2.05, 4.69) is 22.4 Å². The fourth-order valence-corrected chi connectivity index (χ4v) is 2.10. The molecule has 18 heavy (non-hydrogen) atoms. The maximum Gasteiger partial charge on any atom is 0.205 e. The standard InChI is InChI=1S/C12H14ClN3OS/c1-2-7-14-12-16-15-11(18-12)8-17-10-5-3-9(13)4-6-10/h3-6H,2,7-8H2,1H3,(H,14,16). The van der Waals surface area contributed by atoms with E-state index in [0.717, 1.165) is 28.9 Å². The van der Waals surface area contributed by atoms with Crippen LogP contribution in [0.15, 0.2) is 24.3 Å². The van der Waals surface area contributed by atoms with Crippen molar-refractivity contribution in [2.45, 2.75) is 20.0 Å². The van der Waals surface area contributed by atoms with Gasteiger partial charge < -0.3 is 10.1 Å². The van der Waals surface area contributed by atoms with Crippen molar-refractivity contribution >= 4 is 28.1 Å². The molecular weight excluding hydrogens is 270 g/mol. The summed E-state index contributed by atoms with van der Waals surface area (Å²) in [5, 5.41) is 13.7. The molecule has 6 heteroatoms. The second-order valence-electron chi connectivity index (χ2n) is 3.67. The second-order valence-corrected chi connectivity index (χ2v) is 5.17. The Labute approximate surface area is 115 Å². The molecule has 1 N–H and O–H groups in total. The number of rotatable bonds is 6. The van der Waals surface area contributed by atoms with Gasteiger partial charge in [0.2, 0.25) is 5.13 Å². The van der Waals surface area contributed by atoms with Gasteiger partial charge in [0.1, 0.15) is 12.4 Å². The van der Waals surface area contributed by atoms with Crippen LogP contribution in [0, 0.1) is 0 Å². The summed E-state index contributed by atoms with van der Waals surface area (Å²) in [6, 6.07) is 7.26. The maximum absolute atomic E-state index is 5.80. The van der Waals surface area contributed by atoms with Gasteiger partial charge in [0.25, 0.3) is 0 Å². The monoisotopic (exact) mass is 283 g/mol. The Morgan fingerprint density at radius 1 is 1.28 bits per heavy atom. The average Bonchev–Trinajstić information content (AvgIpc) is 2.84. The fourth-order valence-electron chi connectivity index (χ4n) is 1.29. The highest BCUT2D eigenvalue weighted by Crippen LogP contribution is 2.19. The van der Waals surface area contributed by atoms with Crippen LogP contribution >= 0.6 is 22.9 Å². The lowest BCUT2D eigenvalue weighted by atomic mass is 10.3. The molecule has 4 nitrogen and oxygen atoms in total. The molecule has 2 aromatic rings. The van der Waals surface area contributed by atoms with E-state index < -0.39 is 0 Å². The van der Waals surface area contributed by atoms with Crippen LogP contribution in [0.5, 0.6) is 5.75 Å². The van der Waals surface area contributed by atoms with E-state index in [1.807, 2.05) is 12.1 Å². The van der Waals surface area contributed by atoms with Gasteiger partial charge >= 0.3 is 0 Å². The first kappa shape index (κ1) is 13.1. The molecule has 0 aliphatic heterocycles. The van der Waals surface area contributed by atoms with Gasteiger partial charge in [0.15, 0.2) is 5.01 Å². The molecule has 0 saturated carbocycles. The summed E-state index contributed by atoms with van der Waals surface area (Å²) >= 11 is 7.31. The number of anilines is 1. The minimum atomic E-state index is 0.424.